The van der Waals surface area contributed by atoms with Crippen LogP contribution in [0.3, 0.4) is 0 Å². The molecule has 4 aromatic rings. The summed E-state index contributed by atoms with van der Waals surface area (Å²) in [6, 6.07) is 15.2. The maximum atomic E-state index is 13.0. The van der Waals surface area contributed by atoms with Crippen LogP contribution in [-0.2, 0) is 14.9 Å². The summed E-state index contributed by atoms with van der Waals surface area (Å²) < 4.78 is 11.8. The predicted octanol–water partition coefficient (Wildman–Crippen LogP) is 7.29. The molecule has 1 unspecified atom stereocenters. The molecule has 1 aliphatic heterocycles. The van der Waals surface area contributed by atoms with Crippen molar-refractivity contribution in [2.24, 2.45) is 5.92 Å². The van der Waals surface area contributed by atoms with Crippen molar-refractivity contribution in [2.75, 3.05) is 36.5 Å². The Morgan fingerprint density at radius 1 is 1.05 bits per heavy atom. The number of nitrogens with zero attached hydrogens (tertiary/aromatic N) is 3. The largest absolute Gasteiger partial charge is 0.440 e. The van der Waals surface area contributed by atoms with Gasteiger partial charge in [0.1, 0.15) is 5.58 Å². The van der Waals surface area contributed by atoms with Gasteiger partial charge in [0.05, 0.1) is 24.3 Å². The lowest BCUT2D eigenvalue weighted by atomic mass is 9.69. The Kier molecular flexibility index (Phi) is 8.36. The summed E-state index contributed by atoms with van der Waals surface area (Å²) in [5.41, 5.74) is 5.49. The first-order valence-corrected chi connectivity index (χ1v) is 15.8. The van der Waals surface area contributed by atoms with Crippen LogP contribution in [-0.4, -0.2) is 42.1 Å². The molecule has 2 fully saturated rings. The summed E-state index contributed by atoms with van der Waals surface area (Å²) in [6.45, 7) is 10.4. The second-order valence-electron chi connectivity index (χ2n) is 11.7. The molecular weight excluding hydrogens is 552 g/mol. The number of carbonyl (C=O) groups is 1. The smallest absolute Gasteiger partial charge is 0.227 e. The standard InChI is InChI=1S/C34H34N4O4.C2H6/c1-21(39)28-18-23-20-35-33(37-32(23)34(28,2)24-6-3-4-7-24)36-25-12-10-22(11-13-25)26-8-5-9-27-29(40)19-30(42-31(26)27)38-14-16-41-17-15-38;1-2/h5,8-13,18-20,24H,3-4,6-7,14-17H2,1-2H3,(H,35,36,37);1-2H3. The van der Waals surface area contributed by atoms with Gasteiger partial charge < -0.3 is 19.4 Å². The fraction of sp³-hybridized carbons (Fsp3) is 0.389. The van der Waals surface area contributed by atoms with Crippen molar-refractivity contribution < 1.29 is 13.9 Å². The van der Waals surface area contributed by atoms with Crippen molar-refractivity contribution in [2.45, 2.75) is 58.8 Å². The zero-order valence-electron chi connectivity index (χ0n) is 26.0. The average molecular weight is 593 g/mol. The van der Waals surface area contributed by atoms with Crippen LogP contribution in [0.4, 0.5) is 17.5 Å². The van der Waals surface area contributed by atoms with E-state index in [1.165, 1.54) is 12.8 Å². The summed E-state index contributed by atoms with van der Waals surface area (Å²) in [5, 5.41) is 3.92. The van der Waals surface area contributed by atoms with Gasteiger partial charge in [-0.3, -0.25) is 9.59 Å². The molecule has 1 N–H and O–H groups in total. The lowest BCUT2D eigenvalue weighted by Crippen LogP contribution is -2.36. The van der Waals surface area contributed by atoms with Gasteiger partial charge in [-0.2, -0.15) is 0 Å². The van der Waals surface area contributed by atoms with Crippen molar-refractivity contribution in [1.29, 1.82) is 0 Å². The molecule has 3 heterocycles. The molecule has 228 valence electrons. The monoisotopic (exact) mass is 592 g/mol. The molecule has 2 aromatic heterocycles. The first kappa shape index (κ1) is 29.8. The summed E-state index contributed by atoms with van der Waals surface area (Å²) in [6.07, 6.45) is 8.41. The number of ether oxygens (including phenoxy) is 1. The molecule has 7 rings (SSSR count). The van der Waals surface area contributed by atoms with Crippen molar-refractivity contribution in [3.63, 3.8) is 0 Å². The quantitative estimate of drug-likeness (QED) is 0.249. The van der Waals surface area contributed by atoms with Crippen LogP contribution in [0.25, 0.3) is 28.2 Å². The minimum Gasteiger partial charge on any atom is -0.440 e. The number of carbonyl (C=O) groups excluding carboxylic acids is 1. The van der Waals surface area contributed by atoms with Crippen molar-refractivity contribution in [1.82, 2.24) is 9.97 Å². The van der Waals surface area contributed by atoms with E-state index in [2.05, 4.69) is 22.1 Å². The van der Waals surface area contributed by atoms with Gasteiger partial charge in [-0.15, -0.1) is 0 Å². The molecule has 0 radical (unpaired) electrons. The fourth-order valence-electron chi connectivity index (χ4n) is 6.98. The molecule has 0 bridgehead atoms. The molecule has 3 aliphatic rings. The minimum absolute atomic E-state index is 0.0568. The number of allylic oxidation sites excluding steroid dienone is 1. The van der Waals surface area contributed by atoms with Gasteiger partial charge in [0, 0.05) is 53.2 Å². The van der Waals surface area contributed by atoms with Gasteiger partial charge in [-0.25, -0.2) is 9.97 Å². The summed E-state index contributed by atoms with van der Waals surface area (Å²) in [4.78, 5) is 37.2. The molecule has 44 heavy (non-hydrogen) atoms. The molecule has 2 aliphatic carbocycles. The molecular formula is C36H40N4O4. The number of rotatable bonds is 6. The van der Waals surface area contributed by atoms with E-state index in [0.29, 0.717) is 55.0 Å². The normalized spacial score (nSPS) is 19.7. The number of hydrogen-bond donors (Lipinski definition) is 1. The van der Waals surface area contributed by atoms with E-state index in [4.69, 9.17) is 14.1 Å². The third-order valence-electron chi connectivity index (χ3n) is 9.24. The summed E-state index contributed by atoms with van der Waals surface area (Å²) >= 11 is 0. The van der Waals surface area contributed by atoms with Crippen LogP contribution in [0, 0.1) is 5.92 Å². The molecule has 8 nitrogen and oxygen atoms in total. The van der Waals surface area contributed by atoms with Crippen LogP contribution in [0.5, 0.6) is 0 Å². The molecule has 8 heteroatoms. The Balaban J connectivity index is 0.00000168. The number of aromatic nitrogens is 2. The molecule has 1 saturated carbocycles. The summed E-state index contributed by atoms with van der Waals surface area (Å²) in [5.74, 6) is 1.59. The zero-order chi connectivity index (χ0) is 30.8. The van der Waals surface area contributed by atoms with Crippen LogP contribution < -0.4 is 15.6 Å². The highest BCUT2D eigenvalue weighted by Gasteiger charge is 2.47. The highest BCUT2D eigenvalue weighted by molar-refractivity contribution is 6.02. The van der Waals surface area contributed by atoms with Crippen LogP contribution in [0.2, 0.25) is 0 Å². The third kappa shape index (κ3) is 5.32. The molecule has 2 aromatic carbocycles. The Labute approximate surface area is 258 Å². The van der Waals surface area contributed by atoms with Crippen LogP contribution >= 0.6 is 0 Å². The van der Waals surface area contributed by atoms with E-state index in [9.17, 15) is 9.59 Å². The first-order chi connectivity index (χ1) is 21.4. The number of hydrogen-bond acceptors (Lipinski definition) is 8. The van der Waals surface area contributed by atoms with Crippen molar-refractivity contribution >= 4 is 40.3 Å². The van der Waals surface area contributed by atoms with Gasteiger partial charge in [0.15, 0.2) is 17.1 Å². The molecule has 1 atom stereocenters. The topological polar surface area (TPSA) is 97.6 Å². The third-order valence-corrected chi connectivity index (χ3v) is 9.24. The number of morpholine rings is 1. The number of anilines is 3. The van der Waals surface area contributed by atoms with Gasteiger partial charge in [0.25, 0.3) is 0 Å². The minimum atomic E-state index is -0.390. The van der Waals surface area contributed by atoms with E-state index >= 15 is 0 Å². The molecule has 0 amide bonds. The molecule has 1 saturated heterocycles. The number of Topliss-reactive ketones (excluding diaryl/α,β-unsaturated/α-hetero) is 1. The lowest BCUT2D eigenvalue weighted by Gasteiger charge is -2.34. The van der Waals surface area contributed by atoms with Gasteiger partial charge in [-0.05, 0) is 62.4 Å². The van der Waals surface area contributed by atoms with Crippen molar-refractivity contribution in [3.8, 4) is 11.1 Å². The van der Waals surface area contributed by atoms with E-state index in [1.807, 2.05) is 62.5 Å². The Morgan fingerprint density at radius 3 is 2.48 bits per heavy atom. The fourth-order valence-corrected chi connectivity index (χ4v) is 6.98. The maximum absolute atomic E-state index is 13.0. The highest BCUT2D eigenvalue weighted by Crippen LogP contribution is 2.51. The SMILES string of the molecule is CC.CC(=O)C1=Cc2cnc(Nc3ccc(-c4cccc5c(=O)cc(N6CCOCC6)oc45)cc3)nc2C1(C)C1CCCC1. The van der Waals surface area contributed by atoms with E-state index in [0.717, 1.165) is 46.5 Å². The number of para-hydroxylation sites is 1. The van der Waals surface area contributed by atoms with Gasteiger partial charge in [0.2, 0.25) is 5.95 Å². The number of ketones is 1. The van der Waals surface area contributed by atoms with E-state index in [-0.39, 0.29) is 16.6 Å². The molecule has 0 spiro atoms. The Morgan fingerprint density at radius 2 is 1.77 bits per heavy atom. The van der Waals surface area contributed by atoms with Gasteiger partial charge in [-0.1, -0.05) is 51.0 Å². The zero-order valence-corrected chi connectivity index (χ0v) is 26.0. The maximum Gasteiger partial charge on any atom is 0.227 e. The number of benzene rings is 2. The second kappa shape index (κ2) is 12.4. The average Bonchev–Trinajstić information content (AvgIpc) is 3.71. The van der Waals surface area contributed by atoms with E-state index < -0.39 is 0 Å². The summed E-state index contributed by atoms with van der Waals surface area (Å²) in [7, 11) is 0. The predicted molar refractivity (Wildman–Crippen MR) is 176 cm³/mol. The number of nitrogens with one attached hydrogen (secondary N) is 1. The number of fused-ring (bicyclic) bond motifs is 2. The van der Waals surface area contributed by atoms with Gasteiger partial charge >= 0.3 is 0 Å². The van der Waals surface area contributed by atoms with E-state index in [1.54, 1.807) is 19.1 Å². The Bertz CT molecular complexity index is 1770. The highest BCUT2D eigenvalue weighted by atomic mass is 16.5. The lowest BCUT2D eigenvalue weighted by molar-refractivity contribution is -0.114. The second-order valence-corrected chi connectivity index (χ2v) is 11.7. The van der Waals surface area contributed by atoms with Crippen LogP contribution in [0.1, 0.15) is 64.6 Å². The van der Waals surface area contributed by atoms with Crippen LogP contribution in [0.15, 0.2) is 69.5 Å². The van der Waals surface area contributed by atoms with Crippen molar-refractivity contribution in [3.05, 3.63) is 81.8 Å². The first-order valence-electron chi connectivity index (χ1n) is 15.8. The Hall–Kier alpha value is -4.30.